The lowest BCUT2D eigenvalue weighted by molar-refractivity contribution is -0.134. The molecule has 0 aliphatic heterocycles. The molecule has 1 amide bonds. The van der Waals surface area contributed by atoms with E-state index in [-0.39, 0.29) is 18.2 Å². The molecule has 1 rings (SSSR count). The van der Waals surface area contributed by atoms with Crippen LogP contribution in [0, 0.1) is 6.92 Å². The molecule has 0 aromatic carbocycles. The van der Waals surface area contributed by atoms with Crippen molar-refractivity contribution < 1.29 is 14.7 Å². The minimum absolute atomic E-state index is 0.0525. The normalized spacial score (nSPS) is 10.3. The summed E-state index contributed by atoms with van der Waals surface area (Å²) >= 11 is 1.11. The van der Waals surface area contributed by atoms with Gasteiger partial charge in [-0.05, 0) is 6.92 Å². The van der Waals surface area contributed by atoms with Crippen molar-refractivity contribution in [1.82, 2.24) is 14.5 Å². The Morgan fingerprint density at radius 1 is 1.53 bits per heavy atom. The van der Waals surface area contributed by atoms with Gasteiger partial charge in [0.2, 0.25) is 5.91 Å². The third-order valence-electron chi connectivity index (χ3n) is 2.14. The number of carboxylic acids is 1. The lowest BCUT2D eigenvalue weighted by Gasteiger charge is -2.13. The summed E-state index contributed by atoms with van der Waals surface area (Å²) in [4.78, 5) is 27.7. The van der Waals surface area contributed by atoms with E-state index in [1.165, 1.54) is 4.90 Å². The molecular weight excluding hydrogens is 242 g/mol. The highest BCUT2D eigenvalue weighted by molar-refractivity contribution is 7.99. The van der Waals surface area contributed by atoms with Crippen molar-refractivity contribution in [3.05, 3.63) is 11.9 Å². The number of likely N-dealkylation sites (N-methyl/N-ethyl adjacent to an activating group) is 1. The van der Waals surface area contributed by atoms with Gasteiger partial charge in [0.05, 0.1) is 5.75 Å². The lowest BCUT2D eigenvalue weighted by atomic mass is 10.5. The van der Waals surface area contributed by atoms with Crippen LogP contribution in [0.1, 0.15) is 5.69 Å². The van der Waals surface area contributed by atoms with E-state index >= 15 is 0 Å². The van der Waals surface area contributed by atoms with Crippen LogP contribution in [0.2, 0.25) is 0 Å². The SMILES string of the molecule is Cc1cnc(SCC(=O)O)n1CC(=O)N(C)C. The number of aryl methyl sites for hydroxylation is 1. The summed E-state index contributed by atoms with van der Waals surface area (Å²) < 4.78 is 1.72. The van der Waals surface area contributed by atoms with Crippen molar-refractivity contribution >= 4 is 23.6 Å². The average Bonchev–Trinajstić information content (AvgIpc) is 2.57. The maximum Gasteiger partial charge on any atom is 0.313 e. The first-order valence-electron chi connectivity index (χ1n) is 4.98. The van der Waals surface area contributed by atoms with Crippen molar-refractivity contribution in [2.24, 2.45) is 0 Å². The molecule has 0 aliphatic rings. The molecule has 6 nitrogen and oxygen atoms in total. The van der Waals surface area contributed by atoms with Crippen LogP contribution in [0.5, 0.6) is 0 Å². The van der Waals surface area contributed by atoms with Gasteiger partial charge in [0.1, 0.15) is 6.54 Å². The molecule has 0 radical (unpaired) electrons. The van der Waals surface area contributed by atoms with Crippen molar-refractivity contribution in [3.8, 4) is 0 Å². The highest BCUT2D eigenvalue weighted by Gasteiger charge is 2.13. The van der Waals surface area contributed by atoms with Crippen LogP contribution in [-0.4, -0.2) is 51.3 Å². The Labute approximate surface area is 104 Å². The first-order valence-corrected chi connectivity index (χ1v) is 5.97. The van der Waals surface area contributed by atoms with Gasteiger partial charge in [0.25, 0.3) is 0 Å². The molecule has 1 heterocycles. The summed E-state index contributed by atoms with van der Waals surface area (Å²) in [6.07, 6.45) is 1.63. The molecule has 1 aromatic rings. The number of hydrogen-bond donors (Lipinski definition) is 1. The molecule has 1 aromatic heterocycles. The molecule has 0 aliphatic carbocycles. The van der Waals surface area contributed by atoms with Gasteiger partial charge in [-0.1, -0.05) is 11.8 Å². The first-order chi connectivity index (χ1) is 7.91. The second-order valence-electron chi connectivity index (χ2n) is 3.74. The van der Waals surface area contributed by atoms with Crippen molar-refractivity contribution in [2.75, 3.05) is 19.8 Å². The molecule has 17 heavy (non-hydrogen) atoms. The topological polar surface area (TPSA) is 75.4 Å². The molecule has 0 atom stereocenters. The van der Waals surface area contributed by atoms with E-state index in [2.05, 4.69) is 4.98 Å². The zero-order valence-electron chi connectivity index (χ0n) is 10.0. The van der Waals surface area contributed by atoms with Crippen molar-refractivity contribution in [1.29, 1.82) is 0 Å². The fraction of sp³-hybridized carbons (Fsp3) is 0.500. The summed E-state index contributed by atoms with van der Waals surface area (Å²) in [7, 11) is 3.36. The maximum atomic E-state index is 11.6. The average molecular weight is 257 g/mol. The monoisotopic (exact) mass is 257 g/mol. The fourth-order valence-electron chi connectivity index (χ4n) is 1.15. The summed E-state index contributed by atoms with van der Waals surface area (Å²) in [6, 6.07) is 0. The van der Waals surface area contributed by atoms with Crippen LogP contribution >= 0.6 is 11.8 Å². The first kappa shape index (κ1) is 13.6. The molecule has 0 bridgehead atoms. The number of hydrogen-bond acceptors (Lipinski definition) is 4. The van der Waals surface area contributed by atoms with Gasteiger partial charge >= 0.3 is 5.97 Å². The predicted molar refractivity (Wildman–Crippen MR) is 64.0 cm³/mol. The minimum atomic E-state index is -0.902. The van der Waals surface area contributed by atoms with Crippen LogP contribution in [0.15, 0.2) is 11.4 Å². The van der Waals surface area contributed by atoms with E-state index in [1.807, 2.05) is 6.92 Å². The molecule has 0 saturated heterocycles. The third kappa shape index (κ3) is 3.77. The number of aromatic nitrogens is 2. The van der Waals surface area contributed by atoms with E-state index in [0.29, 0.717) is 5.16 Å². The van der Waals surface area contributed by atoms with Crippen LogP contribution in [-0.2, 0) is 16.1 Å². The van der Waals surface area contributed by atoms with Crippen molar-refractivity contribution in [2.45, 2.75) is 18.6 Å². The lowest BCUT2D eigenvalue weighted by Crippen LogP contribution is -2.27. The zero-order valence-corrected chi connectivity index (χ0v) is 10.8. The smallest absolute Gasteiger partial charge is 0.313 e. The molecule has 0 unspecified atom stereocenters. The zero-order chi connectivity index (χ0) is 13.0. The van der Waals surface area contributed by atoms with Gasteiger partial charge in [0, 0.05) is 26.0 Å². The molecule has 0 spiro atoms. The predicted octanol–water partition coefficient (Wildman–Crippen LogP) is 0.456. The van der Waals surface area contributed by atoms with E-state index in [1.54, 1.807) is 24.9 Å². The summed E-state index contributed by atoms with van der Waals surface area (Å²) in [6.45, 7) is 2.02. The standard InChI is InChI=1S/C10H15N3O3S/c1-7-4-11-10(17-6-9(15)16)13(7)5-8(14)12(2)3/h4H,5-6H2,1-3H3,(H,15,16). The number of carboxylic acid groups (broad SMARTS) is 1. The number of amides is 1. The Kier molecular flexibility index (Phi) is 4.56. The van der Waals surface area contributed by atoms with Crippen LogP contribution in [0.3, 0.4) is 0 Å². The third-order valence-corrected chi connectivity index (χ3v) is 3.11. The largest absolute Gasteiger partial charge is 0.481 e. The molecule has 1 N–H and O–H groups in total. The Morgan fingerprint density at radius 2 is 2.18 bits per heavy atom. The van der Waals surface area contributed by atoms with Gasteiger partial charge in [-0.25, -0.2) is 4.98 Å². The highest BCUT2D eigenvalue weighted by atomic mass is 32.2. The van der Waals surface area contributed by atoms with Gasteiger partial charge in [-0.3, -0.25) is 9.59 Å². The van der Waals surface area contributed by atoms with Gasteiger partial charge in [0.15, 0.2) is 5.16 Å². The number of carbonyl (C=O) groups is 2. The molecule has 94 valence electrons. The number of thioether (sulfide) groups is 1. The van der Waals surface area contributed by atoms with E-state index < -0.39 is 5.97 Å². The van der Waals surface area contributed by atoms with Gasteiger partial charge < -0.3 is 14.6 Å². The molecular formula is C10H15N3O3S. The Balaban J connectivity index is 2.79. The Hall–Kier alpha value is -1.50. The fourth-order valence-corrected chi connectivity index (χ4v) is 1.89. The van der Waals surface area contributed by atoms with E-state index in [0.717, 1.165) is 17.5 Å². The summed E-state index contributed by atoms with van der Waals surface area (Å²) in [5, 5.41) is 9.17. The summed E-state index contributed by atoms with van der Waals surface area (Å²) in [5.41, 5.74) is 0.841. The number of rotatable bonds is 5. The summed E-state index contributed by atoms with van der Waals surface area (Å²) in [5.74, 6) is -1.02. The number of carbonyl (C=O) groups excluding carboxylic acids is 1. The quantitative estimate of drug-likeness (QED) is 0.775. The number of imidazole rings is 1. The van der Waals surface area contributed by atoms with Crippen molar-refractivity contribution in [3.63, 3.8) is 0 Å². The minimum Gasteiger partial charge on any atom is -0.481 e. The van der Waals surface area contributed by atoms with Crippen LogP contribution < -0.4 is 0 Å². The van der Waals surface area contributed by atoms with E-state index in [4.69, 9.17) is 5.11 Å². The highest BCUT2D eigenvalue weighted by Crippen LogP contribution is 2.18. The Morgan fingerprint density at radius 3 is 2.71 bits per heavy atom. The van der Waals surface area contributed by atoms with Crippen LogP contribution in [0.4, 0.5) is 0 Å². The number of nitrogens with zero attached hydrogens (tertiary/aromatic N) is 3. The van der Waals surface area contributed by atoms with Gasteiger partial charge in [-0.2, -0.15) is 0 Å². The van der Waals surface area contributed by atoms with Gasteiger partial charge in [-0.15, -0.1) is 0 Å². The number of aliphatic carboxylic acids is 1. The molecule has 0 fully saturated rings. The maximum absolute atomic E-state index is 11.6. The van der Waals surface area contributed by atoms with E-state index in [9.17, 15) is 9.59 Å². The second kappa shape index (κ2) is 5.72. The Bertz CT molecular complexity index is 428. The van der Waals surface area contributed by atoms with Crippen LogP contribution in [0.25, 0.3) is 0 Å². The second-order valence-corrected chi connectivity index (χ2v) is 4.68. The molecule has 0 saturated carbocycles. The molecule has 7 heteroatoms.